The number of carbonyl (C=O) groups is 2. The van der Waals surface area contributed by atoms with Crippen LogP contribution in [-0.4, -0.2) is 36.6 Å². The first-order valence-electron chi connectivity index (χ1n) is 14.7. The molecule has 1 atom stereocenters. The largest absolute Gasteiger partial charge is 0.453 e. The van der Waals surface area contributed by atoms with E-state index in [2.05, 4.69) is 41.5 Å². The third kappa shape index (κ3) is 6.30. The number of thiophene rings is 1. The predicted octanol–water partition coefficient (Wildman–Crippen LogP) is 6.95. The molecule has 10 heteroatoms. The maximum Gasteiger partial charge on any atom is 0.247 e. The molecule has 6 rings (SSSR count). The van der Waals surface area contributed by atoms with Crippen molar-refractivity contribution in [2.24, 2.45) is 11.1 Å². The third-order valence-corrected chi connectivity index (χ3v) is 9.12. The zero-order chi connectivity index (χ0) is 31.6. The summed E-state index contributed by atoms with van der Waals surface area (Å²) in [4.78, 5) is 32.6. The highest BCUT2D eigenvalue weighted by atomic mass is 32.1. The van der Waals surface area contributed by atoms with E-state index >= 15 is 4.39 Å². The highest BCUT2D eigenvalue weighted by Gasteiger charge is 2.57. The van der Waals surface area contributed by atoms with Gasteiger partial charge in [-0.1, -0.05) is 42.5 Å². The fraction of sp³-hybridized carbons (Fsp3) is 0.229. The standard InChI is InChI=1S/C35H33FN4O4S/c1-22(21-43-2)39-20-23-8-10-24(11-9-23)31-19-28-32(45-31)30(14-17-38-28)44-29-13-12-26(18-27(29)36)40(25-6-4-3-5-7-25)34(42)35(15-16-35)33(37)41/h3-14,17-19,22,39H,15-16,20-21H2,1-2H3,(H2,37,41)/t22-/m0/s1. The van der Waals surface area contributed by atoms with Crippen LogP contribution in [0.2, 0.25) is 0 Å². The lowest BCUT2D eigenvalue weighted by Gasteiger charge is -2.26. The zero-order valence-corrected chi connectivity index (χ0v) is 25.8. The molecule has 0 saturated heterocycles. The van der Waals surface area contributed by atoms with E-state index in [1.165, 1.54) is 33.9 Å². The fourth-order valence-electron chi connectivity index (χ4n) is 5.22. The van der Waals surface area contributed by atoms with Gasteiger partial charge in [-0.05, 0) is 61.2 Å². The molecule has 2 aromatic heterocycles. The second-order valence-electron chi connectivity index (χ2n) is 11.2. The number of ether oxygens (including phenoxy) is 2. The Balaban J connectivity index is 1.24. The number of rotatable bonds is 12. The maximum absolute atomic E-state index is 15.6. The van der Waals surface area contributed by atoms with Crippen molar-refractivity contribution in [3.63, 3.8) is 0 Å². The van der Waals surface area contributed by atoms with E-state index in [9.17, 15) is 9.59 Å². The number of amides is 2. The van der Waals surface area contributed by atoms with Crippen molar-refractivity contribution in [2.45, 2.75) is 32.4 Å². The molecule has 1 aliphatic carbocycles. The summed E-state index contributed by atoms with van der Waals surface area (Å²) in [5.74, 6) is -1.33. The molecule has 0 unspecified atom stereocenters. The van der Waals surface area contributed by atoms with Gasteiger partial charge in [-0.3, -0.25) is 19.5 Å². The first-order valence-corrected chi connectivity index (χ1v) is 15.5. The van der Waals surface area contributed by atoms with Crippen molar-refractivity contribution in [2.75, 3.05) is 18.6 Å². The smallest absolute Gasteiger partial charge is 0.247 e. The van der Waals surface area contributed by atoms with Crippen LogP contribution >= 0.6 is 11.3 Å². The quantitative estimate of drug-likeness (QED) is 0.146. The number of halogens is 1. The molecule has 230 valence electrons. The Morgan fingerprint density at radius 3 is 2.44 bits per heavy atom. The molecule has 2 amide bonds. The van der Waals surface area contributed by atoms with Crippen molar-refractivity contribution in [3.8, 4) is 21.9 Å². The molecule has 3 aromatic carbocycles. The number of benzene rings is 3. The Labute approximate surface area is 264 Å². The number of hydrogen-bond donors (Lipinski definition) is 2. The molecule has 1 fully saturated rings. The molecule has 0 spiro atoms. The maximum atomic E-state index is 15.6. The average Bonchev–Trinajstić information content (AvgIpc) is 3.75. The van der Waals surface area contributed by atoms with Gasteiger partial charge in [-0.15, -0.1) is 11.3 Å². The van der Waals surface area contributed by atoms with Crippen molar-refractivity contribution in [1.82, 2.24) is 10.3 Å². The molecule has 45 heavy (non-hydrogen) atoms. The second kappa shape index (κ2) is 12.8. The number of hydrogen-bond acceptors (Lipinski definition) is 7. The van der Waals surface area contributed by atoms with Gasteiger partial charge in [-0.2, -0.15) is 0 Å². The van der Waals surface area contributed by atoms with Crippen LogP contribution in [0.25, 0.3) is 20.7 Å². The number of pyridine rings is 1. The normalized spacial score (nSPS) is 14.2. The lowest BCUT2D eigenvalue weighted by atomic mass is 10.0. The van der Waals surface area contributed by atoms with Crippen LogP contribution in [0.4, 0.5) is 15.8 Å². The Kier molecular flexibility index (Phi) is 8.62. The fourth-order valence-corrected chi connectivity index (χ4v) is 6.29. The summed E-state index contributed by atoms with van der Waals surface area (Å²) < 4.78 is 27.7. The second-order valence-corrected chi connectivity index (χ2v) is 12.3. The molecular formula is C35H33FN4O4S. The van der Waals surface area contributed by atoms with Gasteiger partial charge in [0.1, 0.15) is 11.2 Å². The molecule has 1 saturated carbocycles. The van der Waals surface area contributed by atoms with Crippen molar-refractivity contribution < 1.29 is 23.5 Å². The van der Waals surface area contributed by atoms with Crippen LogP contribution in [0.3, 0.4) is 0 Å². The number of primary amides is 1. The van der Waals surface area contributed by atoms with Gasteiger partial charge >= 0.3 is 0 Å². The third-order valence-electron chi connectivity index (χ3n) is 7.93. The molecule has 2 heterocycles. The molecule has 0 radical (unpaired) electrons. The summed E-state index contributed by atoms with van der Waals surface area (Å²) in [5, 5.41) is 3.44. The van der Waals surface area contributed by atoms with E-state index in [1.807, 2.05) is 12.1 Å². The number of methoxy groups -OCH3 is 1. The number of anilines is 2. The Morgan fingerprint density at radius 2 is 1.78 bits per heavy atom. The SMILES string of the molecule is COC[C@H](C)NCc1ccc(-c2cc3nccc(Oc4ccc(N(C(=O)C5(C(N)=O)CC5)c5ccccc5)cc4F)c3s2)cc1. The number of nitrogens with zero attached hydrogens (tertiary/aromatic N) is 2. The van der Waals surface area contributed by atoms with Gasteiger partial charge in [0.05, 0.1) is 22.5 Å². The molecule has 1 aliphatic rings. The predicted molar refractivity (Wildman–Crippen MR) is 174 cm³/mol. The van der Waals surface area contributed by atoms with Crippen LogP contribution in [0.15, 0.2) is 91.1 Å². The van der Waals surface area contributed by atoms with E-state index in [-0.39, 0.29) is 17.5 Å². The van der Waals surface area contributed by atoms with Gasteiger partial charge in [0, 0.05) is 48.6 Å². The van der Waals surface area contributed by atoms with E-state index in [0.29, 0.717) is 30.9 Å². The summed E-state index contributed by atoms with van der Waals surface area (Å²) in [6.07, 6.45) is 2.36. The van der Waals surface area contributed by atoms with E-state index in [0.717, 1.165) is 27.2 Å². The minimum absolute atomic E-state index is 0.00255. The molecule has 5 aromatic rings. The minimum atomic E-state index is -1.28. The monoisotopic (exact) mass is 624 g/mol. The Bertz CT molecular complexity index is 1840. The number of nitrogens with one attached hydrogen (secondary N) is 1. The highest BCUT2D eigenvalue weighted by Crippen LogP contribution is 2.49. The average molecular weight is 625 g/mol. The highest BCUT2D eigenvalue weighted by molar-refractivity contribution is 7.22. The van der Waals surface area contributed by atoms with Gasteiger partial charge in [0.2, 0.25) is 11.8 Å². The topological polar surface area (TPSA) is 107 Å². The van der Waals surface area contributed by atoms with Crippen LogP contribution in [0, 0.1) is 11.2 Å². The van der Waals surface area contributed by atoms with E-state index in [1.54, 1.807) is 49.7 Å². The molecular weight excluding hydrogens is 591 g/mol. The zero-order valence-electron chi connectivity index (χ0n) is 25.0. The first kappa shape index (κ1) is 30.4. The number of aromatic nitrogens is 1. The number of nitrogens with two attached hydrogens (primary N) is 1. The summed E-state index contributed by atoms with van der Waals surface area (Å²) in [5.41, 5.74) is 8.05. The number of para-hydroxylation sites is 1. The van der Waals surface area contributed by atoms with Crippen LogP contribution in [0.1, 0.15) is 25.3 Å². The summed E-state index contributed by atoms with van der Waals surface area (Å²) in [7, 11) is 1.69. The number of carbonyl (C=O) groups excluding carboxylic acids is 2. The molecule has 3 N–H and O–H groups in total. The molecule has 0 bridgehead atoms. The summed E-state index contributed by atoms with van der Waals surface area (Å²) in [6.45, 7) is 3.47. The van der Waals surface area contributed by atoms with Crippen molar-refractivity contribution >= 4 is 44.7 Å². The van der Waals surface area contributed by atoms with Crippen LogP contribution in [0.5, 0.6) is 11.5 Å². The lowest BCUT2D eigenvalue weighted by Crippen LogP contribution is -2.41. The lowest BCUT2D eigenvalue weighted by molar-refractivity contribution is -0.133. The van der Waals surface area contributed by atoms with Crippen molar-refractivity contribution in [3.05, 3.63) is 103 Å². The summed E-state index contributed by atoms with van der Waals surface area (Å²) in [6, 6.07) is 25.4. The van der Waals surface area contributed by atoms with Gasteiger partial charge in [0.15, 0.2) is 11.6 Å². The Morgan fingerprint density at radius 1 is 1.02 bits per heavy atom. The minimum Gasteiger partial charge on any atom is -0.453 e. The van der Waals surface area contributed by atoms with Crippen molar-refractivity contribution in [1.29, 1.82) is 0 Å². The molecule has 8 nitrogen and oxygen atoms in total. The van der Waals surface area contributed by atoms with Gasteiger partial charge < -0.3 is 20.5 Å². The van der Waals surface area contributed by atoms with Crippen LogP contribution < -0.4 is 20.7 Å². The van der Waals surface area contributed by atoms with E-state index in [4.69, 9.17) is 15.2 Å². The first-order chi connectivity index (χ1) is 21.8. The summed E-state index contributed by atoms with van der Waals surface area (Å²) >= 11 is 1.52. The van der Waals surface area contributed by atoms with E-state index < -0.39 is 23.0 Å². The van der Waals surface area contributed by atoms with Gasteiger partial charge in [0.25, 0.3) is 0 Å². The van der Waals surface area contributed by atoms with Crippen LogP contribution in [-0.2, 0) is 20.9 Å². The molecule has 0 aliphatic heterocycles. The Hall–Kier alpha value is -4.64. The number of fused-ring (bicyclic) bond motifs is 1. The van der Waals surface area contributed by atoms with Gasteiger partial charge in [-0.25, -0.2) is 4.39 Å².